The van der Waals surface area contributed by atoms with Crippen LogP contribution in [0.5, 0.6) is 0 Å². The lowest BCUT2D eigenvalue weighted by molar-refractivity contribution is 0.0942. The molecular weight excluding hydrogens is 430 g/mol. The number of pyridine rings is 1. The van der Waals surface area contributed by atoms with Gasteiger partial charge in [-0.25, -0.2) is 13.4 Å². The van der Waals surface area contributed by atoms with Crippen molar-refractivity contribution in [3.8, 4) is 0 Å². The molecular formula is C19H20BrN3O3S. The van der Waals surface area contributed by atoms with Crippen molar-refractivity contribution in [2.45, 2.75) is 24.4 Å². The first kappa shape index (κ1) is 19.6. The Morgan fingerprint density at radius 3 is 2.48 bits per heavy atom. The van der Waals surface area contributed by atoms with Crippen LogP contribution in [0.25, 0.3) is 5.52 Å². The van der Waals surface area contributed by atoms with E-state index in [0.717, 1.165) is 16.3 Å². The van der Waals surface area contributed by atoms with Crippen molar-refractivity contribution in [3.05, 3.63) is 64.4 Å². The van der Waals surface area contributed by atoms with Crippen LogP contribution in [0.15, 0.2) is 58.3 Å². The van der Waals surface area contributed by atoms with E-state index in [2.05, 4.69) is 26.2 Å². The molecule has 0 aliphatic carbocycles. The van der Waals surface area contributed by atoms with Crippen molar-refractivity contribution in [3.63, 3.8) is 0 Å². The molecule has 1 amide bonds. The Bertz CT molecular complexity index is 1100. The van der Waals surface area contributed by atoms with Gasteiger partial charge in [-0.15, -0.1) is 0 Å². The molecule has 0 aliphatic rings. The molecule has 1 aromatic carbocycles. The number of nitrogens with one attached hydrogen (secondary N) is 1. The number of rotatable bonds is 5. The monoisotopic (exact) mass is 449 g/mol. The van der Waals surface area contributed by atoms with Gasteiger partial charge in [-0.3, -0.25) is 9.20 Å². The number of hydrogen-bond acceptors (Lipinski definition) is 4. The van der Waals surface area contributed by atoms with Crippen LogP contribution in [0.2, 0.25) is 0 Å². The van der Waals surface area contributed by atoms with Gasteiger partial charge in [0.15, 0.2) is 5.69 Å². The Labute approximate surface area is 166 Å². The lowest BCUT2D eigenvalue weighted by Gasteiger charge is -2.25. The number of fused-ring (bicyclic) bond motifs is 1. The van der Waals surface area contributed by atoms with Crippen LogP contribution in [0.1, 0.15) is 29.9 Å². The van der Waals surface area contributed by atoms with Crippen molar-refractivity contribution in [1.29, 1.82) is 0 Å². The van der Waals surface area contributed by atoms with Crippen LogP contribution in [-0.4, -0.2) is 36.5 Å². The first-order valence-electron chi connectivity index (χ1n) is 8.31. The normalized spacial score (nSPS) is 12.3. The van der Waals surface area contributed by atoms with Gasteiger partial charge in [0.25, 0.3) is 5.91 Å². The number of carbonyl (C=O) groups is 1. The summed E-state index contributed by atoms with van der Waals surface area (Å²) < 4.78 is 26.4. The zero-order valence-corrected chi connectivity index (χ0v) is 17.6. The van der Waals surface area contributed by atoms with Crippen molar-refractivity contribution in [1.82, 2.24) is 14.7 Å². The first-order valence-corrected chi connectivity index (χ1v) is 11.0. The van der Waals surface area contributed by atoms with Gasteiger partial charge in [0.05, 0.1) is 5.52 Å². The van der Waals surface area contributed by atoms with Gasteiger partial charge in [0, 0.05) is 28.9 Å². The molecule has 0 atom stereocenters. The summed E-state index contributed by atoms with van der Waals surface area (Å²) in [5.74, 6) is -0.404. The number of nitrogens with zero attached hydrogens (tertiary/aromatic N) is 2. The molecule has 142 valence electrons. The largest absolute Gasteiger partial charge is 0.350 e. The molecule has 8 heteroatoms. The second-order valence-corrected chi connectivity index (χ2v) is 9.87. The molecule has 0 unspecified atom stereocenters. The Morgan fingerprint density at radius 2 is 1.85 bits per heavy atom. The Hall–Kier alpha value is -2.19. The minimum Gasteiger partial charge on any atom is -0.350 e. The summed E-state index contributed by atoms with van der Waals surface area (Å²) in [6.07, 6.45) is 2.66. The number of aromatic nitrogens is 2. The zero-order valence-electron chi connectivity index (χ0n) is 15.2. The standard InChI is InChI=1S/C19H20BrN3O3S/c1-19(2,13-7-9-14(20)10-8-13)12-21-17(24)16-15-6-4-5-11-23(15)18(22-16)27(3,25)26/h4-11H,12H2,1-3H3,(H,21,24). The second-order valence-electron chi connectivity index (χ2n) is 7.04. The van der Waals surface area contributed by atoms with E-state index in [9.17, 15) is 13.2 Å². The van der Waals surface area contributed by atoms with Crippen molar-refractivity contribution >= 4 is 37.2 Å². The number of hydrogen-bond donors (Lipinski definition) is 1. The summed E-state index contributed by atoms with van der Waals surface area (Å²) in [4.78, 5) is 16.8. The lowest BCUT2D eigenvalue weighted by atomic mass is 9.84. The number of carbonyl (C=O) groups excluding carboxylic acids is 1. The lowest BCUT2D eigenvalue weighted by Crippen LogP contribution is -2.36. The average molecular weight is 450 g/mol. The fourth-order valence-electron chi connectivity index (χ4n) is 2.83. The molecule has 0 saturated heterocycles. The predicted molar refractivity (Wildman–Crippen MR) is 108 cm³/mol. The molecule has 1 N–H and O–H groups in total. The maximum absolute atomic E-state index is 12.7. The molecule has 6 nitrogen and oxygen atoms in total. The molecule has 0 bridgehead atoms. The second kappa shape index (κ2) is 7.09. The summed E-state index contributed by atoms with van der Waals surface area (Å²) in [6, 6.07) is 13.0. The fraction of sp³-hybridized carbons (Fsp3) is 0.263. The summed E-state index contributed by atoms with van der Waals surface area (Å²) in [7, 11) is -3.57. The first-order chi connectivity index (χ1) is 12.6. The highest BCUT2D eigenvalue weighted by molar-refractivity contribution is 9.10. The summed E-state index contributed by atoms with van der Waals surface area (Å²) in [6.45, 7) is 4.45. The molecule has 27 heavy (non-hydrogen) atoms. The van der Waals surface area contributed by atoms with Gasteiger partial charge in [-0.05, 0) is 29.8 Å². The maximum Gasteiger partial charge on any atom is 0.272 e. The predicted octanol–water partition coefficient (Wildman–Crippen LogP) is 3.21. The van der Waals surface area contributed by atoms with E-state index in [0.29, 0.717) is 12.1 Å². The van der Waals surface area contributed by atoms with E-state index < -0.39 is 15.7 Å². The maximum atomic E-state index is 12.7. The van der Waals surface area contributed by atoms with Crippen LogP contribution in [0.3, 0.4) is 0 Å². The number of imidazole rings is 1. The van der Waals surface area contributed by atoms with Gasteiger partial charge in [0.2, 0.25) is 15.0 Å². The highest BCUT2D eigenvalue weighted by atomic mass is 79.9. The molecule has 0 saturated carbocycles. The summed E-state index contributed by atoms with van der Waals surface area (Å²) in [5.41, 5.74) is 1.34. The van der Waals surface area contributed by atoms with Gasteiger partial charge in [-0.2, -0.15) is 0 Å². The molecule has 0 spiro atoms. The Morgan fingerprint density at radius 1 is 1.19 bits per heavy atom. The minimum atomic E-state index is -3.57. The van der Waals surface area contributed by atoms with Crippen LogP contribution >= 0.6 is 15.9 Å². The van der Waals surface area contributed by atoms with E-state index in [4.69, 9.17) is 0 Å². The molecule has 0 aliphatic heterocycles. The third kappa shape index (κ3) is 4.06. The van der Waals surface area contributed by atoms with E-state index in [1.807, 2.05) is 38.1 Å². The number of halogens is 1. The Kier molecular flexibility index (Phi) is 5.14. The highest BCUT2D eigenvalue weighted by Crippen LogP contribution is 2.24. The topological polar surface area (TPSA) is 80.5 Å². The zero-order chi connectivity index (χ0) is 19.8. The molecule has 0 radical (unpaired) electrons. The van der Waals surface area contributed by atoms with Crippen LogP contribution in [0.4, 0.5) is 0 Å². The van der Waals surface area contributed by atoms with Crippen molar-refractivity contribution in [2.75, 3.05) is 12.8 Å². The average Bonchev–Trinajstić information content (AvgIpc) is 3.00. The molecule has 2 heterocycles. The third-order valence-electron chi connectivity index (χ3n) is 4.38. The van der Waals surface area contributed by atoms with Gasteiger partial charge >= 0.3 is 0 Å². The fourth-order valence-corrected chi connectivity index (χ4v) is 3.86. The van der Waals surface area contributed by atoms with Gasteiger partial charge < -0.3 is 5.32 Å². The van der Waals surface area contributed by atoms with E-state index in [-0.39, 0.29) is 16.3 Å². The molecule has 3 aromatic rings. The minimum absolute atomic E-state index is 0.0997. The molecule has 2 aromatic heterocycles. The number of sulfone groups is 1. The number of amides is 1. The summed E-state index contributed by atoms with van der Waals surface area (Å²) in [5, 5.41) is 2.74. The molecule has 3 rings (SSSR count). The van der Waals surface area contributed by atoms with Crippen LogP contribution < -0.4 is 5.32 Å². The smallest absolute Gasteiger partial charge is 0.272 e. The third-order valence-corrected chi connectivity index (χ3v) is 5.86. The van der Waals surface area contributed by atoms with Crippen LogP contribution in [-0.2, 0) is 15.3 Å². The van der Waals surface area contributed by atoms with E-state index in [1.54, 1.807) is 24.4 Å². The quantitative estimate of drug-likeness (QED) is 0.648. The van der Waals surface area contributed by atoms with E-state index in [1.165, 1.54) is 4.40 Å². The van der Waals surface area contributed by atoms with Crippen molar-refractivity contribution < 1.29 is 13.2 Å². The van der Waals surface area contributed by atoms with Crippen molar-refractivity contribution in [2.24, 2.45) is 0 Å². The van der Waals surface area contributed by atoms with Crippen LogP contribution in [0, 0.1) is 0 Å². The summed E-state index contributed by atoms with van der Waals surface area (Å²) >= 11 is 3.42. The highest BCUT2D eigenvalue weighted by Gasteiger charge is 2.25. The number of benzene rings is 1. The van der Waals surface area contributed by atoms with E-state index >= 15 is 0 Å². The Balaban J connectivity index is 1.88. The van der Waals surface area contributed by atoms with Gasteiger partial charge in [-0.1, -0.05) is 48.0 Å². The SMILES string of the molecule is CC(C)(CNC(=O)c1nc(S(C)(=O)=O)n2ccccc12)c1ccc(Br)cc1. The van der Waals surface area contributed by atoms with Gasteiger partial charge in [0.1, 0.15) is 0 Å². The molecule has 0 fully saturated rings.